The maximum absolute atomic E-state index is 11.9. The van der Waals surface area contributed by atoms with Gasteiger partial charge in [0.05, 0.1) is 30.4 Å². The number of carbonyl (C=O) groups excluding carboxylic acids is 1. The number of ether oxygens (including phenoxy) is 2. The van der Waals surface area contributed by atoms with Crippen molar-refractivity contribution in [3.8, 4) is 17.1 Å². The van der Waals surface area contributed by atoms with Crippen molar-refractivity contribution >= 4 is 17.7 Å². The first kappa shape index (κ1) is 19.8. The predicted molar refractivity (Wildman–Crippen MR) is 108 cm³/mol. The highest BCUT2D eigenvalue weighted by Gasteiger charge is 2.08. The van der Waals surface area contributed by atoms with Crippen LogP contribution in [-0.4, -0.2) is 39.9 Å². The number of nitrogens with zero attached hydrogens (tertiary/aromatic N) is 3. The Morgan fingerprint density at radius 2 is 1.68 bits per heavy atom. The van der Waals surface area contributed by atoms with Gasteiger partial charge in [-0.1, -0.05) is 36.0 Å². The van der Waals surface area contributed by atoms with Crippen molar-refractivity contribution in [3.63, 3.8) is 0 Å². The molecule has 2 aromatic heterocycles. The normalized spacial score (nSPS) is 10.4. The molecule has 0 fully saturated rings. The summed E-state index contributed by atoms with van der Waals surface area (Å²) in [7, 11) is 0. The topological polar surface area (TPSA) is 74.2 Å². The number of rotatable bonds is 10. The molecule has 0 saturated heterocycles. The number of hydrogen-bond acceptors (Lipinski definition) is 7. The summed E-state index contributed by atoms with van der Waals surface area (Å²) in [5, 5.41) is 0.524. The van der Waals surface area contributed by atoms with E-state index < -0.39 is 0 Å². The van der Waals surface area contributed by atoms with Crippen LogP contribution in [0.2, 0.25) is 0 Å². The summed E-state index contributed by atoms with van der Waals surface area (Å²) < 4.78 is 10.8. The molecule has 0 amide bonds. The van der Waals surface area contributed by atoms with Gasteiger partial charge in [0.1, 0.15) is 5.75 Å². The second-order valence-corrected chi connectivity index (χ2v) is 6.76. The lowest BCUT2D eigenvalue weighted by molar-refractivity contribution is -0.140. The molecular weight excluding hydrogens is 374 g/mol. The van der Waals surface area contributed by atoms with Crippen LogP contribution in [0.25, 0.3) is 11.4 Å². The van der Waals surface area contributed by atoms with Crippen molar-refractivity contribution in [1.29, 1.82) is 0 Å². The highest BCUT2D eigenvalue weighted by atomic mass is 32.2. The van der Waals surface area contributed by atoms with Crippen LogP contribution < -0.4 is 4.74 Å². The zero-order valence-corrected chi connectivity index (χ0v) is 16.2. The maximum Gasteiger partial charge on any atom is 0.316 e. The van der Waals surface area contributed by atoms with E-state index in [0.717, 1.165) is 30.0 Å². The van der Waals surface area contributed by atoms with E-state index in [9.17, 15) is 4.79 Å². The fourth-order valence-corrected chi connectivity index (χ4v) is 2.96. The second-order valence-electron chi connectivity index (χ2n) is 5.82. The van der Waals surface area contributed by atoms with Gasteiger partial charge >= 0.3 is 5.97 Å². The van der Waals surface area contributed by atoms with Crippen LogP contribution in [0.1, 0.15) is 12.8 Å². The van der Waals surface area contributed by atoms with Gasteiger partial charge in [-0.2, -0.15) is 0 Å². The molecule has 0 unspecified atom stereocenters. The monoisotopic (exact) mass is 395 g/mol. The second kappa shape index (κ2) is 11.0. The van der Waals surface area contributed by atoms with E-state index in [1.807, 2.05) is 48.5 Å². The van der Waals surface area contributed by atoms with Crippen molar-refractivity contribution in [3.05, 3.63) is 67.0 Å². The average molecular weight is 395 g/mol. The third kappa shape index (κ3) is 6.66. The van der Waals surface area contributed by atoms with Crippen molar-refractivity contribution in [2.45, 2.75) is 18.0 Å². The van der Waals surface area contributed by atoms with E-state index in [-0.39, 0.29) is 11.7 Å². The van der Waals surface area contributed by atoms with Gasteiger partial charge < -0.3 is 9.47 Å². The minimum Gasteiger partial charge on any atom is -0.494 e. The van der Waals surface area contributed by atoms with Crippen LogP contribution in [-0.2, 0) is 9.53 Å². The smallest absolute Gasteiger partial charge is 0.316 e. The predicted octanol–water partition coefficient (Wildman–Crippen LogP) is 4.03. The molecule has 3 aromatic rings. The van der Waals surface area contributed by atoms with Crippen LogP contribution in [0.4, 0.5) is 0 Å². The lowest BCUT2D eigenvalue weighted by Gasteiger charge is -2.07. The molecule has 144 valence electrons. The van der Waals surface area contributed by atoms with E-state index >= 15 is 0 Å². The third-order valence-corrected chi connectivity index (χ3v) is 4.53. The minimum atomic E-state index is -0.277. The fourth-order valence-electron chi connectivity index (χ4n) is 2.33. The number of carbonyl (C=O) groups is 1. The molecular formula is C21H21N3O3S. The van der Waals surface area contributed by atoms with Crippen molar-refractivity contribution in [2.75, 3.05) is 19.0 Å². The molecule has 7 heteroatoms. The van der Waals surface area contributed by atoms with Gasteiger partial charge in [0.2, 0.25) is 0 Å². The summed E-state index contributed by atoms with van der Waals surface area (Å²) in [6, 6.07) is 17.1. The first-order valence-electron chi connectivity index (χ1n) is 9.02. The molecule has 6 nitrogen and oxygen atoms in total. The molecule has 0 aliphatic carbocycles. The minimum absolute atomic E-state index is 0.173. The molecule has 0 radical (unpaired) electrons. The number of unbranched alkanes of at least 4 members (excludes halogenated alkanes) is 1. The van der Waals surface area contributed by atoms with Gasteiger partial charge in [0.25, 0.3) is 0 Å². The fraction of sp³-hybridized carbons (Fsp3) is 0.238. The number of aromatic nitrogens is 3. The first-order valence-corrected chi connectivity index (χ1v) is 10.0. The molecule has 2 heterocycles. The number of benzene rings is 1. The van der Waals surface area contributed by atoms with Crippen molar-refractivity contribution in [1.82, 2.24) is 15.0 Å². The Balaban J connectivity index is 1.32. The summed E-state index contributed by atoms with van der Waals surface area (Å²) in [6.07, 6.45) is 4.96. The van der Waals surface area contributed by atoms with Crippen molar-refractivity contribution < 1.29 is 14.3 Å². The van der Waals surface area contributed by atoms with E-state index in [1.165, 1.54) is 11.8 Å². The molecule has 28 heavy (non-hydrogen) atoms. The van der Waals surface area contributed by atoms with Gasteiger partial charge in [0, 0.05) is 12.4 Å². The number of esters is 1. The van der Waals surface area contributed by atoms with Gasteiger partial charge in [-0.05, 0) is 43.2 Å². The van der Waals surface area contributed by atoms with Crippen LogP contribution >= 0.6 is 11.8 Å². The zero-order valence-electron chi connectivity index (χ0n) is 15.4. The standard InChI is InChI=1S/C21H21N3O3S/c25-20(27-15-7-6-14-26-17-8-2-1-3-9-17)16-28-21-23-13-11-19(24-21)18-10-4-5-12-22-18/h1-5,8-13H,6-7,14-16H2. The lowest BCUT2D eigenvalue weighted by atomic mass is 10.3. The highest BCUT2D eigenvalue weighted by Crippen LogP contribution is 2.18. The summed E-state index contributed by atoms with van der Waals surface area (Å²) >= 11 is 1.25. The molecule has 0 N–H and O–H groups in total. The molecule has 0 atom stereocenters. The zero-order chi connectivity index (χ0) is 19.4. The van der Waals surface area contributed by atoms with Crippen LogP contribution in [0.5, 0.6) is 5.75 Å². The van der Waals surface area contributed by atoms with Crippen LogP contribution in [0.15, 0.2) is 72.1 Å². The number of thioether (sulfide) groups is 1. The Labute approximate surface area is 168 Å². The maximum atomic E-state index is 11.9. The summed E-state index contributed by atoms with van der Waals surface area (Å²) in [4.78, 5) is 24.8. The van der Waals surface area contributed by atoms with Crippen LogP contribution in [0.3, 0.4) is 0 Å². The third-order valence-electron chi connectivity index (χ3n) is 3.69. The summed E-state index contributed by atoms with van der Waals surface area (Å²) in [5.41, 5.74) is 1.50. The van der Waals surface area contributed by atoms with Crippen molar-refractivity contribution in [2.24, 2.45) is 0 Å². The van der Waals surface area contributed by atoms with Gasteiger partial charge in [-0.25, -0.2) is 9.97 Å². The van der Waals surface area contributed by atoms with Gasteiger partial charge in [0.15, 0.2) is 5.16 Å². The molecule has 0 aliphatic rings. The molecule has 3 rings (SSSR count). The number of pyridine rings is 1. The number of para-hydroxylation sites is 1. The van der Waals surface area contributed by atoms with Gasteiger partial charge in [-0.15, -0.1) is 0 Å². The van der Waals surface area contributed by atoms with E-state index in [4.69, 9.17) is 9.47 Å². The quantitative estimate of drug-likeness (QED) is 0.222. The molecule has 0 aliphatic heterocycles. The Bertz CT molecular complexity index is 863. The SMILES string of the molecule is O=C(CSc1nccc(-c2ccccn2)n1)OCCCCOc1ccccc1. The lowest BCUT2D eigenvalue weighted by Crippen LogP contribution is -2.10. The van der Waals surface area contributed by atoms with E-state index in [1.54, 1.807) is 18.5 Å². The molecule has 0 saturated carbocycles. The summed E-state index contributed by atoms with van der Waals surface area (Å²) in [5.74, 6) is 0.747. The summed E-state index contributed by atoms with van der Waals surface area (Å²) in [6.45, 7) is 0.983. The Kier molecular flexibility index (Phi) is 7.81. The van der Waals surface area contributed by atoms with E-state index in [2.05, 4.69) is 15.0 Å². The Morgan fingerprint density at radius 3 is 2.50 bits per heavy atom. The Hall–Kier alpha value is -2.93. The molecule has 0 bridgehead atoms. The molecule has 1 aromatic carbocycles. The number of hydrogen-bond donors (Lipinski definition) is 0. The highest BCUT2D eigenvalue weighted by molar-refractivity contribution is 7.99. The molecule has 0 spiro atoms. The average Bonchev–Trinajstić information content (AvgIpc) is 2.76. The first-order chi connectivity index (χ1) is 13.8. The Morgan fingerprint density at radius 1 is 0.857 bits per heavy atom. The van der Waals surface area contributed by atoms with Crippen LogP contribution in [0, 0.1) is 0 Å². The van der Waals surface area contributed by atoms with Gasteiger partial charge in [-0.3, -0.25) is 9.78 Å². The van der Waals surface area contributed by atoms with E-state index in [0.29, 0.717) is 18.4 Å². The largest absolute Gasteiger partial charge is 0.494 e.